The van der Waals surface area contributed by atoms with Gasteiger partial charge in [0.05, 0.1) is 13.3 Å². The van der Waals surface area contributed by atoms with Crippen LogP contribution in [-0.2, 0) is 4.79 Å². The van der Waals surface area contributed by atoms with Gasteiger partial charge in [-0.1, -0.05) is 32.0 Å². The second-order valence-electron chi connectivity index (χ2n) is 6.41. The number of rotatable bonds is 7. The fourth-order valence-corrected chi connectivity index (χ4v) is 2.50. The number of para-hydroxylation sites is 1. The van der Waals surface area contributed by atoms with Crippen molar-refractivity contribution >= 4 is 12.1 Å². The number of carbonyl (C=O) groups is 1. The highest BCUT2D eigenvalue weighted by atomic mass is 16.5. The van der Waals surface area contributed by atoms with E-state index in [0.717, 1.165) is 22.4 Å². The Hall–Kier alpha value is -2.82. The number of hydrazone groups is 1. The van der Waals surface area contributed by atoms with Gasteiger partial charge in [0, 0.05) is 0 Å². The zero-order valence-corrected chi connectivity index (χ0v) is 15.9. The van der Waals surface area contributed by atoms with E-state index in [1.807, 2.05) is 37.3 Å². The molecule has 0 aliphatic rings. The lowest BCUT2D eigenvalue weighted by molar-refractivity contribution is -0.127. The number of amides is 1. The lowest BCUT2D eigenvalue weighted by Crippen LogP contribution is -2.33. The van der Waals surface area contributed by atoms with Crippen LogP contribution in [0.2, 0.25) is 0 Å². The summed E-state index contributed by atoms with van der Waals surface area (Å²) in [4.78, 5) is 12.1. The Bertz CT molecular complexity index is 770. The van der Waals surface area contributed by atoms with E-state index in [2.05, 4.69) is 24.4 Å². The highest BCUT2D eigenvalue weighted by molar-refractivity contribution is 5.85. The SMILES string of the molecule is COc1cc(C)c(/C=N\NC(=O)C(C)Oc2ccccc2)cc1C(C)C. The number of carbonyl (C=O) groups excluding carboxylic acids is 1. The summed E-state index contributed by atoms with van der Waals surface area (Å²) in [5.74, 6) is 1.53. The largest absolute Gasteiger partial charge is 0.496 e. The molecule has 0 saturated heterocycles. The van der Waals surface area contributed by atoms with Gasteiger partial charge in [-0.15, -0.1) is 0 Å². The molecule has 138 valence electrons. The molecule has 2 rings (SSSR count). The molecule has 0 heterocycles. The Balaban J connectivity index is 2.03. The topological polar surface area (TPSA) is 59.9 Å². The second-order valence-corrected chi connectivity index (χ2v) is 6.41. The summed E-state index contributed by atoms with van der Waals surface area (Å²) in [6.45, 7) is 7.89. The standard InChI is InChI=1S/C21H26N2O3/c1-14(2)19-12-17(15(3)11-20(19)25-5)13-22-23-21(24)16(4)26-18-9-7-6-8-10-18/h6-14,16H,1-5H3,(H,23,24)/b22-13-. The molecule has 5 heteroatoms. The molecule has 1 N–H and O–H groups in total. The van der Waals surface area contributed by atoms with E-state index in [-0.39, 0.29) is 5.91 Å². The molecule has 0 fully saturated rings. The molecule has 0 bridgehead atoms. The Kier molecular flexibility index (Phi) is 6.78. The molecule has 5 nitrogen and oxygen atoms in total. The molecular formula is C21H26N2O3. The normalized spacial score (nSPS) is 12.2. The van der Waals surface area contributed by atoms with Gasteiger partial charge in [0.15, 0.2) is 6.10 Å². The van der Waals surface area contributed by atoms with E-state index in [1.54, 1.807) is 32.4 Å². The van der Waals surface area contributed by atoms with Crippen LogP contribution in [0.1, 0.15) is 43.4 Å². The molecule has 0 saturated carbocycles. The van der Waals surface area contributed by atoms with Crippen LogP contribution in [0.15, 0.2) is 47.6 Å². The average molecular weight is 354 g/mol. The number of methoxy groups -OCH3 is 1. The molecular weight excluding hydrogens is 328 g/mol. The molecule has 1 atom stereocenters. The number of aryl methyl sites for hydroxylation is 1. The summed E-state index contributed by atoms with van der Waals surface area (Å²) in [6, 6.07) is 13.2. The third-order valence-corrected chi connectivity index (χ3v) is 4.04. The van der Waals surface area contributed by atoms with Crippen LogP contribution >= 0.6 is 0 Å². The van der Waals surface area contributed by atoms with E-state index in [1.165, 1.54) is 0 Å². The van der Waals surface area contributed by atoms with E-state index in [0.29, 0.717) is 11.7 Å². The lowest BCUT2D eigenvalue weighted by Gasteiger charge is -2.14. The van der Waals surface area contributed by atoms with Gasteiger partial charge in [-0.25, -0.2) is 5.43 Å². The van der Waals surface area contributed by atoms with Crippen LogP contribution in [0.25, 0.3) is 0 Å². The molecule has 2 aromatic carbocycles. The van der Waals surface area contributed by atoms with Gasteiger partial charge >= 0.3 is 0 Å². The summed E-state index contributed by atoms with van der Waals surface area (Å²) < 4.78 is 11.0. The zero-order chi connectivity index (χ0) is 19.1. The lowest BCUT2D eigenvalue weighted by atomic mass is 9.97. The van der Waals surface area contributed by atoms with E-state index in [9.17, 15) is 4.79 Å². The second kappa shape index (κ2) is 9.04. The molecule has 2 aromatic rings. The summed E-state index contributed by atoms with van der Waals surface area (Å²) >= 11 is 0. The first-order chi connectivity index (χ1) is 12.4. The van der Waals surface area contributed by atoms with Gasteiger partial charge in [0.25, 0.3) is 5.91 Å². The van der Waals surface area contributed by atoms with Gasteiger partial charge in [0.2, 0.25) is 0 Å². The van der Waals surface area contributed by atoms with Crippen LogP contribution in [-0.4, -0.2) is 25.3 Å². The third kappa shape index (κ3) is 5.09. The van der Waals surface area contributed by atoms with Crippen molar-refractivity contribution in [2.24, 2.45) is 5.10 Å². The van der Waals surface area contributed by atoms with Crippen molar-refractivity contribution in [3.63, 3.8) is 0 Å². The van der Waals surface area contributed by atoms with E-state index in [4.69, 9.17) is 9.47 Å². The quantitative estimate of drug-likeness (QED) is 0.603. The average Bonchev–Trinajstić information content (AvgIpc) is 2.63. The highest BCUT2D eigenvalue weighted by Crippen LogP contribution is 2.29. The van der Waals surface area contributed by atoms with Crippen molar-refractivity contribution in [3.8, 4) is 11.5 Å². The van der Waals surface area contributed by atoms with Crippen molar-refractivity contribution in [1.29, 1.82) is 0 Å². The molecule has 0 spiro atoms. The van der Waals surface area contributed by atoms with Crippen LogP contribution < -0.4 is 14.9 Å². The zero-order valence-electron chi connectivity index (χ0n) is 15.9. The molecule has 0 aromatic heterocycles. The minimum Gasteiger partial charge on any atom is -0.496 e. The number of hydrogen-bond donors (Lipinski definition) is 1. The fraction of sp³-hybridized carbons (Fsp3) is 0.333. The summed E-state index contributed by atoms with van der Waals surface area (Å²) in [7, 11) is 1.67. The Labute approximate surface area is 155 Å². The van der Waals surface area contributed by atoms with E-state index < -0.39 is 6.10 Å². The van der Waals surface area contributed by atoms with Gasteiger partial charge in [-0.3, -0.25) is 4.79 Å². The van der Waals surface area contributed by atoms with Crippen LogP contribution in [0.3, 0.4) is 0 Å². The first kappa shape index (κ1) is 19.5. The molecule has 0 aliphatic carbocycles. The monoisotopic (exact) mass is 354 g/mol. The van der Waals surface area contributed by atoms with Gasteiger partial charge < -0.3 is 9.47 Å². The number of nitrogens with zero attached hydrogens (tertiary/aromatic N) is 1. The van der Waals surface area contributed by atoms with E-state index >= 15 is 0 Å². The van der Waals surface area contributed by atoms with Crippen LogP contribution in [0, 0.1) is 6.92 Å². The Morgan fingerprint density at radius 2 is 1.85 bits per heavy atom. The first-order valence-corrected chi connectivity index (χ1v) is 8.65. The molecule has 1 amide bonds. The van der Waals surface area contributed by atoms with Crippen LogP contribution in [0.4, 0.5) is 0 Å². The fourth-order valence-electron chi connectivity index (χ4n) is 2.50. The van der Waals surface area contributed by atoms with Crippen molar-refractivity contribution in [2.45, 2.75) is 39.7 Å². The minimum absolute atomic E-state index is 0.305. The number of nitrogens with one attached hydrogen (secondary N) is 1. The maximum atomic E-state index is 12.1. The summed E-state index contributed by atoms with van der Waals surface area (Å²) in [5.41, 5.74) is 5.60. The number of ether oxygens (including phenoxy) is 2. The number of hydrogen-bond acceptors (Lipinski definition) is 4. The maximum absolute atomic E-state index is 12.1. The smallest absolute Gasteiger partial charge is 0.280 e. The molecule has 1 unspecified atom stereocenters. The maximum Gasteiger partial charge on any atom is 0.280 e. The predicted molar refractivity (Wildman–Crippen MR) is 104 cm³/mol. The highest BCUT2D eigenvalue weighted by Gasteiger charge is 2.14. The van der Waals surface area contributed by atoms with Gasteiger partial charge in [-0.2, -0.15) is 5.10 Å². The number of benzene rings is 2. The Morgan fingerprint density at radius 3 is 2.46 bits per heavy atom. The van der Waals surface area contributed by atoms with Crippen molar-refractivity contribution in [2.75, 3.05) is 7.11 Å². The molecule has 0 aliphatic heterocycles. The first-order valence-electron chi connectivity index (χ1n) is 8.65. The van der Waals surface area contributed by atoms with Crippen LogP contribution in [0.5, 0.6) is 11.5 Å². The predicted octanol–water partition coefficient (Wildman–Crippen LogP) is 4.04. The molecule has 26 heavy (non-hydrogen) atoms. The minimum atomic E-state index is -0.641. The third-order valence-electron chi connectivity index (χ3n) is 4.04. The van der Waals surface area contributed by atoms with Gasteiger partial charge in [-0.05, 0) is 60.7 Å². The van der Waals surface area contributed by atoms with Crippen molar-refractivity contribution in [3.05, 3.63) is 59.2 Å². The van der Waals surface area contributed by atoms with Crippen molar-refractivity contribution < 1.29 is 14.3 Å². The summed E-state index contributed by atoms with van der Waals surface area (Å²) in [5, 5.41) is 4.08. The van der Waals surface area contributed by atoms with Gasteiger partial charge in [0.1, 0.15) is 11.5 Å². The van der Waals surface area contributed by atoms with Crippen molar-refractivity contribution in [1.82, 2.24) is 5.43 Å². The summed E-state index contributed by atoms with van der Waals surface area (Å²) in [6.07, 6.45) is 1.01. The Morgan fingerprint density at radius 1 is 1.15 bits per heavy atom. The molecule has 0 radical (unpaired) electrons.